The Bertz CT molecular complexity index is 724. The number of hydrogen-bond donors (Lipinski definition) is 1. The minimum Gasteiger partial charge on any atom is -0.466 e. The Morgan fingerprint density at radius 1 is 1.20 bits per heavy atom. The predicted molar refractivity (Wildman–Crippen MR) is 81.2 cm³/mol. The molecule has 0 amide bonds. The predicted octanol–water partition coefficient (Wildman–Crippen LogP) is 4.09. The molecule has 0 aliphatic rings. The highest BCUT2D eigenvalue weighted by Crippen LogP contribution is 2.31. The largest absolute Gasteiger partial charge is 0.466 e. The van der Waals surface area contributed by atoms with Crippen molar-refractivity contribution in [2.45, 2.75) is 33.3 Å². The number of furan rings is 1. The first-order valence-electron chi connectivity index (χ1n) is 6.65. The molecule has 3 aromatic rings. The molecule has 0 bridgehead atoms. The van der Waals surface area contributed by atoms with Gasteiger partial charge in [-0.2, -0.15) is 0 Å². The number of aliphatic hydroxyl groups excluding tert-OH is 1. The smallest absolute Gasteiger partial charge is 0.107 e. The van der Waals surface area contributed by atoms with Crippen LogP contribution in [0.25, 0.3) is 10.2 Å². The van der Waals surface area contributed by atoms with E-state index in [0.29, 0.717) is 6.42 Å². The number of aliphatic hydroxyl groups is 1. The van der Waals surface area contributed by atoms with Gasteiger partial charge in [0.15, 0.2) is 0 Å². The lowest BCUT2D eigenvalue weighted by Gasteiger charge is -2.09. The molecule has 0 aliphatic carbocycles. The molecule has 0 saturated carbocycles. The lowest BCUT2D eigenvalue weighted by molar-refractivity contribution is 0.176. The van der Waals surface area contributed by atoms with Crippen LogP contribution in [0.4, 0.5) is 0 Å². The van der Waals surface area contributed by atoms with Gasteiger partial charge in [0, 0.05) is 12.0 Å². The summed E-state index contributed by atoms with van der Waals surface area (Å²) in [5, 5.41) is 11.4. The van der Waals surface area contributed by atoms with Gasteiger partial charge in [-0.05, 0) is 38.5 Å². The van der Waals surface area contributed by atoms with Crippen molar-refractivity contribution >= 4 is 21.6 Å². The minimum atomic E-state index is -0.562. The normalized spacial score (nSPS) is 13.0. The van der Waals surface area contributed by atoms with Crippen molar-refractivity contribution in [1.82, 2.24) is 4.98 Å². The van der Waals surface area contributed by atoms with Crippen molar-refractivity contribution in [3.63, 3.8) is 0 Å². The molecule has 0 spiro atoms. The Morgan fingerprint density at radius 3 is 2.60 bits per heavy atom. The van der Waals surface area contributed by atoms with Gasteiger partial charge in [0.2, 0.25) is 0 Å². The summed E-state index contributed by atoms with van der Waals surface area (Å²) in [6, 6.07) is 8.05. The van der Waals surface area contributed by atoms with Crippen LogP contribution < -0.4 is 0 Å². The van der Waals surface area contributed by atoms with Gasteiger partial charge in [0.25, 0.3) is 0 Å². The first-order chi connectivity index (χ1) is 9.56. The van der Waals surface area contributed by atoms with Crippen LogP contribution in [0.5, 0.6) is 0 Å². The van der Waals surface area contributed by atoms with Crippen LogP contribution >= 0.6 is 11.3 Å². The molecule has 2 heterocycles. The second-order valence-corrected chi connectivity index (χ2v) is 6.16. The lowest BCUT2D eigenvalue weighted by atomic mass is 10.0. The van der Waals surface area contributed by atoms with Gasteiger partial charge in [0.1, 0.15) is 11.5 Å². The maximum absolute atomic E-state index is 10.5. The average Bonchev–Trinajstić information content (AvgIpc) is 2.90. The molecule has 0 aliphatic heterocycles. The van der Waals surface area contributed by atoms with Gasteiger partial charge in [-0.3, -0.25) is 0 Å². The van der Waals surface area contributed by atoms with E-state index >= 15 is 0 Å². The molecule has 1 aromatic carbocycles. The number of para-hydroxylation sites is 1. The Kier molecular flexibility index (Phi) is 3.36. The van der Waals surface area contributed by atoms with E-state index in [-0.39, 0.29) is 0 Å². The van der Waals surface area contributed by atoms with Crippen molar-refractivity contribution < 1.29 is 9.52 Å². The summed E-state index contributed by atoms with van der Waals surface area (Å²) >= 11 is 1.64. The van der Waals surface area contributed by atoms with Crippen LogP contribution in [-0.4, -0.2) is 10.1 Å². The standard InChI is InChI=1S/C16H17NO2S/c1-9-10(2)19-11(3)16(9)13(18)8-15-17-12-6-4-5-7-14(12)20-15/h4-7,13,18H,8H2,1-3H3. The highest BCUT2D eigenvalue weighted by molar-refractivity contribution is 7.18. The van der Waals surface area contributed by atoms with E-state index in [1.54, 1.807) is 11.3 Å². The number of benzene rings is 1. The maximum Gasteiger partial charge on any atom is 0.107 e. The summed E-state index contributed by atoms with van der Waals surface area (Å²) in [7, 11) is 0. The molecule has 3 rings (SSSR count). The Morgan fingerprint density at radius 2 is 1.95 bits per heavy atom. The molecule has 1 atom stereocenters. The molecular weight excluding hydrogens is 270 g/mol. The monoisotopic (exact) mass is 287 g/mol. The molecular formula is C16H17NO2S. The second kappa shape index (κ2) is 5.04. The van der Waals surface area contributed by atoms with E-state index < -0.39 is 6.10 Å². The van der Waals surface area contributed by atoms with Crippen molar-refractivity contribution in [3.8, 4) is 0 Å². The molecule has 1 N–H and O–H groups in total. The summed E-state index contributed by atoms with van der Waals surface area (Å²) in [4.78, 5) is 4.57. The van der Waals surface area contributed by atoms with E-state index in [9.17, 15) is 5.11 Å². The topological polar surface area (TPSA) is 46.3 Å². The number of thiazole rings is 1. The van der Waals surface area contributed by atoms with Crippen LogP contribution in [0.15, 0.2) is 28.7 Å². The molecule has 1 unspecified atom stereocenters. The highest BCUT2D eigenvalue weighted by atomic mass is 32.1. The van der Waals surface area contributed by atoms with Crippen molar-refractivity contribution in [3.05, 3.63) is 51.9 Å². The number of nitrogens with zero attached hydrogens (tertiary/aromatic N) is 1. The third kappa shape index (κ3) is 2.25. The summed E-state index contributed by atoms with van der Waals surface area (Å²) in [6.45, 7) is 5.82. The zero-order chi connectivity index (χ0) is 14.3. The SMILES string of the molecule is Cc1oc(C)c(C(O)Cc2nc3ccccc3s2)c1C. The van der Waals surface area contributed by atoms with Crippen LogP contribution in [0.1, 0.15) is 33.8 Å². The van der Waals surface area contributed by atoms with E-state index in [1.807, 2.05) is 39.0 Å². The van der Waals surface area contributed by atoms with Gasteiger partial charge in [-0.1, -0.05) is 12.1 Å². The van der Waals surface area contributed by atoms with Crippen molar-refractivity contribution in [1.29, 1.82) is 0 Å². The van der Waals surface area contributed by atoms with Gasteiger partial charge in [0.05, 0.1) is 21.3 Å². The van der Waals surface area contributed by atoms with Gasteiger partial charge in [-0.25, -0.2) is 4.98 Å². The quantitative estimate of drug-likeness (QED) is 0.789. The molecule has 0 saturated heterocycles. The number of fused-ring (bicyclic) bond motifs is 1. The molecule has 20 heavy (non-hydrogen) atoms. The average molecular weight is 287 g/mol. The number of hydrogen-bond acceptors (Lipinski definition) is 4. The summed E-state index contributed by atoms with van der Waals surface area (Å²) in [6.07, 6.45) is -0.0342. The van der Waals surface area contributed by atoms with Crippen LogP contribution in [-0.2, 0) is 6.42 Å². The Hall–Kier alpha value is -1.65. The molecule has 3 nitrogen and oxygen atoms in total. The van der Waals surface area contributed by atoms with Crippen LogP contribution in [0.3, 0.4) is 0 Å². The van der Waals surface area contributed by atoms with E-state index in [2.05, 4.69) is 11.1 Å². The Labute approximate surface area is 121 Å². The maximum atomic E-state index is 10.5. The summed E-state index contributed by atoms with van der Waals surface area (Å²) in [5.41, 5.74) is 2.94. The van der Waals surface area contributed by atoms with Crippen molar-refractivity contribution in [2.75, 3.05) is 0 Å². The number of aromatic nitrogens is 1. The fourth-order valence-electron chi connectivity index (χ4n) is 2.57. The first kappa shape index (κ1) is 13.3. The van der Waals surface area contributed by atoms with Gasteiger partial charge in [-0.15, -0.1) is 11.3 Å². The van der Waals surface area contributed by atoms with Crippen LogP contribution in [0, 0.1) is 20.8 Å². The second-order valence-electron chi connectivity index (χ2n) is 5.05. The van der Waals surface area contributed by atoms with E-state index in [1.165, 1.54) is 0 Å². The first-order valence-corrected chi connectivity index (χ1v) is 7.47. The molecule has 0 fully saturated rings. The fourth-order valence-corrected chi connectivity index (χ4v) is 3.58. The third-order valence-electron chi connectivity index (χ3n) is 3.66. The van der Waals surface area contributed by atoms with Gasteiger partial charge < -0.3 is 9.52 Å². The Balaban J connectivity index is 1.90. The zero-order valence-electron chi connectivity index (χ0n) is 11.8. The lowest BCUT2D eigenvalue weighted by Crippen LogP contribution is -2.03. The molecule has 4 heteroatoms. The highest BCUT2D eigenvalue weighted by Gasteiger charge is 2.20. The molecule has 0 radical (unpaired) electrons. The zero-order valence-corrected chi connectivity index (χ0v) is 12.6. The number of rotatable bonds is 3. The summed E-state index contributed by atoms with van der Waals surface area (Å²) < 4.78 is 6.74. The van der Waals surface area contributed by atoms with Crippen LogP contribution in [0.2, 0.25) is 0 Å². The molecule has 2 aromatic heterocycles. The van der Waals surface area contributed by atoms with Gasteiger partial charge >= 0.3 is 0 Å². The summed E-state index contributed by atoms with van der Waals surface area (Å²) in [5.74, 6) is 1.68. The van der Waals surface area contributed by atoms with Crippen molar-refractivity contribution in [2.24, 2.45) is 0 Å². The number of aryl methyl sites for hydroxylation is 2. The van der Waals surface area contributed by atoms with E-state index in [4.69, 9.17) is 4.42 Å². The fraction of sp³-hybridized carbons (Fsp3) is 0.312. The minimum absolute atomic E-state index is 0.528. The third-order valence-corrected chi connectivity index (χ3v) is 4.72. The van der Waals surface area contributed by atoms with E-state index in [0.717, 1.165) is 37.9 Å². The molecule has 104 valence electrons.